The second kappa shape index (κ2) is 7.34. The van der Waals surface area contributed by atoms with Gasteiger partial charge in [-0.05, 0) is 24.1 Å². The minimum atomic E-state index is -0.411. The van der Waals surface area contributed by atoms with Crippen LogP contribution in [0.3, 0.4) is 0 Å². The van der Waals surface area contributed by atoms with Gasteiger partial charge in [0, 0.05) is 12.5 Å². The van der Waals surface area contributed by atoms with Crippen LogP contribution in [0.2, 0.25) is 0 Å². The van der Waals surface area contributed by atoms with Gasteiger partial charge in [-0.3, -0.25) is 0 Å². The zero-order valence-corrected chi connectivity index (χ0v) is 11.6. The van der Waals surface area contributed by atoms with Gasteiger partial charge >= 0.3 is 6.09 Å². The van der Waals surface area contributed by atoms with Gasteiger partial charge in [-0.1, -0.05) is 55.5 Å². The summed E-state index contributed by atoms with van der Waals surface area (Å²) >= 11 is 0. The molecule has 0 aliphatic carbocycles. The molecule has 3 heteroatoms. The number of benzene rings is 2. The van der Waals surface area contributed by atoms with E-state index in [0.717, 1.165) is 6.42 Å². The number of ether oxygens (including phenoxy) is 1. The second-order valence-electron chi connectivity index (χ2n) is 4.60. The van der Waals surface area contributed by atoms with Crippen molar-refractivity contribution in [1.29, 1.82) is 0 Å². The molecule has 3 nitrogen and oxygen atoms in total. The third kappa shape index (κ3) is 4.12. The Morgan fingerprint density at radius 1 is 1.05 bits per heavy atom. The lowest BCUT2D eigenvalue weighted by Gasteiger charge is -2.16. The fourth-order valence-electron chi connectivity index (χ4n) is 2.06. The van der Waals surface area contributed by atoms with E-state index in [-0.39, 0.29) is 0 Å². The molecule has 0 bridgehead atoms. The van der Waals surface area contributed by atoms with Gasteiger partial charge in [-0.25, -0.2) is 4.79 Å². The summed E-state index contributed by atoms with van der Waals surface area (Å²) in [7, 11) is 0. The molecule has 1 unspecified atom stereocenters. The minimum absolute atomic E-state index is 0.305. The van der Waals surface area contributed by atoms with E-state index in [4.69, 9.17) is 4.74 Å². The molecule has 1 N–H and O–H groups in total. The SMILES string of the molecule is CCC(CNC(=O)Oc1ccccc1)c1ccccc1. The van der Waals surface area contributed by atoms with Gasteiger partial charge in [0.1, 0.15) is 5.75 Å². The summed E-state index contributed by atoms with van der Waals surface area (Å²) in [4.78, 5) is 11.7. The van der Waals surface area contributed by atoms with Gasteiger partial charge in [-0.15, -0.1) is 0 Å². The van der Waals surface area contributed by atoms with Crippen molar-refractivity contribution in [2.75, 3.05) is 6.54 Å². The average Bonchev–Trinajstić information content (AvgIpc) is 2.50. The predicted molar refractivity (Wildman–Crippen MR) is 79.9 cm³/mol. The van der Waals surface area contributed by atoms with Crippen molar-refractivity contribution in [3.8, 4) is 5.75 Å². The third-order valence-corrected chi connectivity index (χ3v) is 3.21. The van der Waals surface area contributed by atoms with E-state index >= 15 is 0 Å². The molecule has 2 rings (SSSR count). The number of carbonyl (C=O) groups excluding carboxylic acids is 1. The number of carbonyl (C=O) groups is 1. The highest BCUT2D eigenvalue weighted by Gasteiger charge is 2.11. The van der Waals surface area contributed by atoms with Crippen molar-refractivity contribution in [2.45, 2.75) is 19.3 Å². The predicted octanol–water partition coefficient (Wildman–Crippen LogP) is 3.97. The van der Waals surface area contributed by atoms with Crippen LogP contribution in [0.15, 0.2) is 60.7 Å². The summed E-state index contributed by atoms with van der Waals surface area (Å²) in [6, 6.07) is 19.3. The van der Waals surface area contributed by atoms with E-state index in [9.17, 15) is 4.79 Å². The first-order valence-corrected chi connectivity index (χ1v) is 6.85. The molecule has 0 aliphatic heterocycles. The van der Waals surface area contributed by atoms with Gasteiger partial charge in [0.15, 0.2) is 0 Å². The van der Waals surface area contributed by atoms with E-state index in [1.165, 1.54) is 5.56 Å². The topological polar surface area (TPSA) is 38.3 Å². The summed E-state index contributed by atoms with van der Waals surface area (Å²) in [5.74, 6) is 0.859. The van der Waals surface area contributed by atoms with Gasteiger partial charge in [0.2, 0.25) is 0 Å². The molecule has 104 valence electrons. The van der Waals surface area contributed by atoms with Crippen molar-refractivity contribution in [3.05, 3.63) is 66.2 Å². The molecule has 0 radical (unpaired) electrons. The van der Waals surface area contributed by atoms with Crippen LogP contribution in [0, 0.1) is 0 Å². The molecular formula is C17H19NO2. The Morgan fingerprint density at radius 2 is 1.65 bits per heavy atom. The molecule has 0 aromatic heterocycles. The molecule has 0 aliphatic rings. The average molecular weight is 269 g/mol. The molecule has 1 amide bonds. The minimum Gasteiger partial charge on any atom is -0.410 e. The van der Waals surface area contributed by atoms with Crippen molar-refractivity contribution < 1.29 is 9.53 Å². The monoisotopic (exact) mass is 269 g/mol. The van der Waals surface area contributed by atoms with Crippen molar-refractivity contribution >= 4 is 6.09 Å². The van der Waals surface area contributed by atoms with E-state index in [1.807, 2.05) is 36.4 Å². The Hall–Kier alpha value is -2.29. The summed E-state index contributed by atoms with van der Waals surface area (Å²) in [5, 5.41) is 2.82. The molecule has 0 saturated heterocycles. The Kier molecular flexibility index (Phi) is 5.18. The third-order valence-electron chi connectivity index (χ3n) is 3.21. The fourth-order valence-corrected chi connectivity index (χ4v) is 2.06. The Morgan fingerprint density at radius 3 is 2.25 bits per heavy atom. The maximum Gasteiger partial charge on any atom is 0.412 e. The molecule has 20 heavy (non-hydrogen) atoms. The standard InChI is InChI=1S/C17H19NO2/c1-2-14(15-9-5-3-6-10-15)13-18-17(19)20-16-11-7-4-8-12-16/h3-12,14H,2,13H2,1H3,(H,18,19). The maximum atomic E-state index is 11.7. The summed E-state index contributed by atoms with van der Waals surface area (Å²) in [6.07, 6.45) is 0.556. The van der Waals surface area contributed by atoms with Crippen LogP contribution >= 0.6 is 0 Å². The van der Waals surface area contributed by atoms with Crippen LogP contribution in [0.1, 0.15) is 24.8 Å². The van der Waals surface area contributed by atoms with Crippen LogP contribution in [0.4, 0.5) is 4.79 Å². The van der Waals surface area contributed by atoms with Gasteiger partial charge in [0.25, 0.3) is 0 Å². The Bertz CT molecular complexity index is 525. The first-order chi connectivity index (χ1) is 9.79. The molecule has 2 aromatic carbocycles. The Labute approximate surface area is 119 Å². The second-order valence-corrected chi connectivity index (χ2v) is 4.60. The van der Waals surface area contributed by atoms with Gasteiger partial charge in [-0.2, -0.15) is 0 Å². The molecule has 1 atom stereocenters. The lowest BCUT2D eigenvalue weighted by atomic mass is 9.97. The molecular weight excluding hydrogens is 250 g/mol. The number of hydrogen-bond acceptors (Lipinski definition) is 2. The highest BCUT2D eigenvalue weighted by molar-refractivity contribution is 5.70. The normalized spacial score (nSPS) is 11.7. The van der Waals surface area contributed by atoms with Crippen LogP contribution in [-0.2, 0) is 0 Å². The van der Waals surface area contributed by atoms with Crippen molar-refractivity contribution in [3.63, 3.8) is 0 Å². The van der Waals surface area contributed by atoms with E-state index < -0.39 is 6.09 Å². The smallest absolute Gasteiger partial charge is 0.410 e. The zero-order valence-electron chi connectivity index (χ0n) is 11.6. The number of para-hydroxylation sites is 1. The number of rotatable bonds is 5. The summed E-state index contributed by atoms with van der Waals surface area (Å²) in [5.41, 5.74) is 1.23. The molecule has 2 aromatic rings. The van der Waals surface area contributed by atoms with Crippen LogP contribution in [0.25, 0.3) is 0 Å². The van der Waals surface area contributed by atoms with Gasteiger partial charge < -0.3 is 10.1 Å². The largest absolute Gasteiger partial charge is 0.412 e. The maximum absolute atomic E-state index is 11.7. The quantitative estimate of drug-likeness (QED) is 0.892. The molecule has 0 spiro atoms. The number of nitrogens with one attached hydrogen (secondary N) is 1. The first-order valence-electron chi connectivity index (χ1n) is 6.85. The van der Waals surface area contributed by atoms with Gasteiger partial charge in [0.05, 0.1) is 0 Å². The highest BCUT2D eigenvalue weighted by Crippen LogP contribution is 2.18. The number of hydrogen-bond donors (Lipinski definition) is 1. The highest BCUT2D eigenvalue weighted by atomic mass is 16.5. The zero-order chi connectivity index (χ0) is 14.2. The number of amides is 1. The molecule has 0 fully saturated rings. The fraction of sp³-hybridized carbons (Fsp3) is 0.235. The van der Waals surface area contributed by atoms with E-state index in [0.29, 0.717) is 18.2 Å². The summed E-state index contributed by atoms with van der Waals surface area (Å²) < 4.78 is 5.20. The van der Waals surface area contributed by atoms with Crippen LogP contribution in [-0.4, -0.2) is 12.6 Å². The van der Waals surface area contributed by atoms with E-state index in [1.54, 1.807) is 12.1 Å². The Balaban J connectivity index is 1.86. The van der Waals surface area contributed by atoms with Crippen molar-refractivity contribution in [2.24, 2.45) is 0 Å². The van der Waals surface area contributed by atoms with Crippen LogP contribution < -0.4 is 10.1 Å². The van der Waals surface area contributed by atoms with Crippen LogP contribution in [0.5, 0.6) is 5.75 Å². The lowest BCUT2D eigenvalue weighted by molar-refractivity contribution is 0.199. The lowest BCUT2D eigenvalue weighted by Crippen LogP contribution is -2.30. The van der Waals surface area contributed by atoms with Crippen molar-refractivity contribution in [1.82, 2.24) is 5.32 Å². The van der Waals surface area contributed by atoms with E-state index in [2.05, 4.69) is 24.4 Å². The summed E-state index contributed by atoms with van der Waals surface area (Å²) in [6.45, 7) is 2.69. The molecule has 0 heterocycles. The first kappa shape index (κ1) is 14.1. The molecule has 0 saturated carbocycles.